The van der Waals surface area contributed by atoms with Crippen molar-refractivity contribution in [1.29, 1.82) is 0 Å². The van der Waals surface area contributed by atoms with Crippen LogP contribution in [0, 0.1) is 12.9 Å². The monoisotopic (exact) mass is 256 g/mol. The Morgan fingerprint density at radius 1 is 1.32 bits per heavy atom. The first-order valence-corrected chi connectivity index (χ1v) is 6.15. The average molecular weight is 256 g/mol. The maximum Gasteiger partial charge on any atom is 0.231 e. The summed E-state index contributed by atoms with van der Waals surface area (Å²) < 4.78 is 14.2. The summed E-state index contributed by atoms with van der Waals surface area (Å²) in [6.45, 7) is 3.52. The molecule has 1 unspecified atom stereocenters. The molecular weight excluding hydrogens is 243 g/mol. The highest BCUT2D eigenvalue weighted by molar-refractivity contribution is 6.03. The Morgan fingerprint density at radius 2 is 2.05 bits per heavy atom. The van der Waals surface area contributed by atoms with Crippen LogP contribution in [-0.2, 0) is 4.79 Å². The van der Waals surface area contributed by atoms with Crippen molar-refractivity contribution in [3.8, 4) is 11.1 Å². The van der Waals surface area contributed by atoms with Crippen LogP contribution < -0.4 is 5.32 Å². The van der Waals surface area contributed by atoms with Crippen molar-refractivity contribution in [3.05, 3.63) is 47.5 Å². The van der Waals surface area contributed by atoms with Crippen LogP contribution in [0.5, 0.6) is 0 Å². The van der Waals surface area contributed by atoms with Gasteiger partial charge in [-0.1, -0.05) is 24.3 Å². The highest BCUT2D eigenvalue weighted by Gasteiger charge is 2.27. The summed E-state index contributed by atoms with van der Waals surface area (Å²) in [4.78, 5) is 16.0. The number of anilines is 1. The molecular formula is C15H13FN2O. The molecule has 1 atom stereocenters. The molecule has 1 N–H and O–H groups in total. The Morgan fingerprint density at radius 3 is 2.84 bits per heavy atom. The van der Waals surface area contributed by atoms with Crippen molar-refractivity contribution in [2.24, 2.45) is 0 Å². The number of benzene rings is 1. The van der Waals surface area contributed by atoms with Crippen molar-refractivity contribution in [2.45, 2.75) is 19.8 Å². The van der Waals surface area contributed by atoms with Gasteiger partial charge in [0.05, 0.1) is 17.2 Å². The maximum absolute atomic E-state index is 14.2. The van der Waals surface area contributed by atoms with E-state index in [1.54, 1.807) is 13.0 Å². The third-order valence-electron chi connectivity index (χ3n) is 3.45. The van der Waals surface area contributed by atoms with E-state index in [-0.39, 0.29) is 11.8 Å². The van der Waals surface area contributed by atoms with Crippen LogP contribution in [0.2, 0.25) is 0 Å². The molecule has 0 spiro atoms. The molecule has 0 aliphatic carbocycles. The fourth-order valence-corrected chi connectivity index (χ4v) is 2.47. The largest absolute Gasteiger partial charge is 0.325 e. The Hall–Kier alpha value is -2.23. The number of nitrogens with zero attached hydrogens (tertiary/aromatic N) is 1. The van der Waals surface area contributed by atoms with Crippen molar-refractivity contribution >= 4 is 11.6 Å². The first-order valence-electron chi connectivity index (χ1n) is 6.15. The number of amides is 1. The number of carbonyl (C=O) groups is 1. The summed E-state index contributed by atoms with van der Waals surface area (Å²) in [6.07, 6.45) is 0. The molecule has 0 saturated carbocycles. The van der Waals surface area contributed by atoms with Crippen LogP contribution >= 0.6 is 0 Å². The number of aryl methyl sites for hydroxylation is 1. The fourth-order valence-electron chi connectivity index (χ4n) is 2.47. The van der Waals surface area contributed by atoms with E-state index in [0.29, 0.717) is 16.9 Å². The number of hydrogen-bond donors (Lipinski definition) is 1. The van der Waals surface area contributed by atoms with E-state index in [0.717, 1.165) is 11.1 Å². The van der Waals surface area contributed by atoms with Crippen LogP contribution in [0.1, 0.15) is 24.1 Å². The number of halogens is 1. The number of fused-ring (bicyclic) bond motifs is 3. The molecule has 0 bridgehead atoms. The number of pyridine rings is 1. The average Bonchev–Trinajstić information content (AvgIpc) is 2.46. The lowest BCUT2D eigenvalue weighted by Crippen LogP contribution is -2.17. The zero-order valence-corrected chi connectivity index (χ0v) is 10.7. The number of rotatable bonds is 0. The molecule has 0 radical (unpaired) electrons. The van der Waals surface area contributed by atoms with Crippen molar-refractivity contribution < 1.29 is 9.18 Å². The molecule has 3 nitrogen and oxygen atoms in total. The van der Waals surface area contributed by atoms with Gasteiger partial charge in [-0.3, -0.25) is 4.79 Å². The van der Waals surface area contributed by atoms with Gasteiger partial charge in [0.15, 0.2) is 0 Å². The van der Waals surface area contributed by atoms with Gasteiger partial charge in [-0.25, -0.2) is 4.98 Å². The molecule has 2 aromatic rings. The van der Waals surface area contributed by atoms with E-state index in [1.165, 1.54) is 0 Å². The first kappa shape index (κ1) is 11.8. The van der Waals surface area contributed by atoms with E-state index in [1.807, 2.05) is 31.2 Å². The van der Waals surface area contributed by atoms with Crippen LogP contribution in [0.4, 0.5) is 10.1 Å². The Bertz CT molecular complexity index is 682. The van der Waals surface area contributed by atoms with Gasteiger partial charge in [0, 0.05) is 5.69 Å². The normalized spacial score (nSPS) is 17.2. The molecule has 1 aliphatic rings. The summed E-state index contributed by atoms with van der Waals surface area (Å²) in [5.41, 5.74) is 2.96. The molecule has 0 saturated heterocycles. The lowest BCUT2D eigenvalue weighted by molar-refractivity contribution is -0.117. The van der Waals surface area contributed by atoms with Crippen LogP contribution in [0.3, 0.4) is 0 Å². The van der Waals surface area contributed by atoms with Gasteiger partial charge < -0.3 is 5.32 Å². The lowest BCUT2D eigenvalue weighted by atomic mass is 9.93. The summed E-state index contributed by atoms with van der Waals surface area (Å²) in [6, 6.07) is 9.07. The van der Waals surface area contributed by atoms with Crippen molar-refractivity contribution in [2.75, 3.05) is 5.32 Å². The van der Waals surface area contributed by atoms with E-state index >= 15 is 0 Å². The van der Waals surface area contributed by atoms with E-state index in [9.17, 15) is 9.18 Å². The molecule has 96 valence electrons. The highest BCUT2D eigenvalue weighted by Crippen LogP contribution is 2.39. The van der Waals surface area contributed by atoms with Crippen LogP contribution in [-0.4, -0.2) is 10.9 Å². The number of nitrogens with one attached hydrogen (secondary N) is 1. The second-order valence-corrected chi connectivity index (χ2v) is 4.78. The second-order valence-electron chi connectivity index (χ2n) is 4.78. The molecule has 0 fully saturated rings. The standard InChI is InChI=1S/C15H13FN2O/c1-8-7-12-13(14(16)17-8)11-6-4-3-5-10(11)9(2)15(19)18-12/h3-7,9H,1-2H3,(H,18,19). The molecule has 2 heterocycles. The zero-order chi connectivity index (χ0) is 13.6. The van der Waals surface area contributed by atoms with Crippen LogP contribution in [0.15, 0.2) is 30.3 Å². The van der Waals surface area contributed by atoms with Crippen molar-refractivity contribution in [1.82, 2.24) is 4.98 Å². The summed E-state index contributed by atoms with van der Waals surface area (Å²) in [5, 5.41) is 2.78. The van der Waals surface area contributed by atoms with E-state index < -0.39 is 5.95 Å². The second kappa shape index (κ2) is 4.16. The molecule has 4 heteroatoms. The van der Waals surface area contributed by atoms with Crippen molar-refractivity contribution in [3.63, 3.8) is 0 Å². The summed E-state index contributed by atoms with van der Waals surface area (Å²) in [7, 11) is 0. The SMILES string of the molecule is Cc1cc2c(c(F)n1)-c1ccccc1C(C)C(=O)N2. The van der Waals surface area contributed by atoms with E-state index in [2.05, 4.69) is 10.3 Å². The summed E-state index contributed by atoms with van der Waals surface area (Å²) >= 11 is 0. The molecule has 1 aromatic carbocycles. The molecule has 1 amide bonds. The van der Waals surface area contributed by atoms with Gasteiger partial charge in [0.25, 0.3) is 0 Å². The van der Waals surface area contributed by atoms with Gasteiger partial charge in [-0.15, -0.1) is 0 Å². The Kier molecular flexibility index (Phi) is 2.59. The van der Waals surface area contributed by atoms with Gasteiger partial charge in [-0.2, -0.15) is 4.39 Å². The predicted molar refractivity (Wildman–Crippen MR) is 71.4 cm³/mol. The summed E-state index contributed by atoms with van der Waals surface area (Å²) in [5.74, 6) is -0.989. The molecule has 3 rings (SSSR count). The number of hydrogen-bond acceptors (Lipinski definition) is 2. The smallest absolute Gasteiger partial charge is 0.231 e. The predicted octanol–water partition coefficient (Wildman–Crippen LogP) is 3.25. The maximum atomic E-state index is 14.2. The lowest BCUT2D eigenvalue weighted by Gasteiger charge is -2.11. The van der Waals surface area contributed by atoms with Gasteiger partial charge in [0.1, 0.15) is 0 Å². The molecule has 1 aromatic heterocycles. The number of aromatic nitrogens is 1. The highest BCUT2D eigenvalue weighted by atomic mass is 19.1. The Balaban J connectivity index is 2.38. The van der Waals surface area contributed by atoms with Gasteiger partial charge in [0.2, 0.25) is 11.9 Å². The van der Waals surface area contributed by atoms with Crippen LogP contribution in [0.25, 0.3) is 11.1 Å². The topological polar surface area (TPSA) is 42.0 Å². The minimum atomic E-state index is -0.545. The molecule has 19 heavy (non-hydrogen) atoms. The van der Waals surface area contributed by atoms with Gasteiger partial charge >= 0.3 is 0 Å². The Labute approximate surface area is 110 Å². The van der Waals surface area contributed by atoms with Gasteiger partial charge in [-0.05, 0) is 31.0 Å². The number of carbonyl (C=O) groups excluding carboxylic acids is 1. The third kappa shape index (κ3) is 1.80. The minimum Gasteiger partial charge on any atom is -0.325 e. The fraction of sp³-hybridized carbons (Fsp3) is 0.200. The third-order valence-corrected chi connectivity index (χ3v) is 3.45. The zero-order valence-electron chi connectivity index (χ0n) is 10.7. The van der Waals surface area contributed by atoms with E-state index in [4.69, 9.17) is 0 Å². The minimum absolute atomic E-state index is 0.129. The first-order chi connectivity index (χ1) is 9.08. The molecule has 1 aliphatic heterocycles. The quantitative estimate of drug-likeness (QED) is 0.735.